The highest BCUT2D eigenvalue weighted by atomic mass is 19.1. The summed E-state index contributed by atoms with van der Waals surface area (Å²) in [4.78, 5) is 0. The summed E-state index contributed by atoms with van der Waals surface area (Å²) in [6.45, 7) is 4.20. The smallest absolute Gasteiger partial charge is 0.123 e. The molecule has 100 valence electrons. The van der Waals surface area contributed by atoms with Gasteiger partial charge in [0.05, 0.1) is 6.61 Å². The van der Waals surface area contributed by atoms with Gasteiger partial charge in [-0.15, -0.1) is 0 Å². The molecule has 1 aromatic carbocycles. The van der Waals surface area contributed by atoms with Crippen molar-refractivity contribution in [1.29, 1.82) is 0 Å². The highest BCUT2D eigenvalue weighted by Gasteiger charge is 2.45. The topological polar surface area (TPSA) is 30.5 Å². The minimum atomic E-state index is -0.220. The molecule has 4 heteroatoms. The van der Waals surface area contributed by atoms with E-state index in [1.165, 1.54) is 12.1 Å². The number of aryl methyl sites for hydroxylation is 1. The van der Waals surface area contributed by atoms with E-state index in [1.807, 2.05) is 6.92 Å². The molecule has 0 heterocycles. The first-order chi connectivity index (χ1) is 8.65. The molecule has 1 saturated carbocycles. The summed E-state index contributed by atoms with van der Waals surface area (Å²) < 4.78 is 24.0. The molecule has 0 radical (unpaired) electrons. The van der Waals surface area contributed by atoms with Gasteiger partial charge in [0, 0.05) is 20.2 Å². The fraction of sp³-hybridized carbons (Fsp3) is 0.571. The number of hydrogen-bond donors (Lipinski definition) is 1. The zero-order chi connectivity index (χ0) is 13.0. The van der Waals surface area contributed by atoms with Gasteiger partial charge in [0.2, 0.25) is 0 Å². The standard InChI is InChI=1S/C14H20FNO2/c1-11-9-12(15)3-4-13(11)18-14(5-6-14)10-16-7-8-17-2/h3-4,9,16H,5-8,10H2,1-2H3. The molecule has 1 aliphatic rings. The highest BCUT2D eigenvalue weighted by molar-refractivity contribution is 5.34. The number of hydrogen-bond acceptors (Lipinski definition) is 3. The van der Waals surface area contributed by atoms with E-state index in [-0.39, 0.29) is 11.4 Å². The van der Waals surface area contributed by atoms with Gasteiger partial charge in [0.15, 0.2) is 0 Å². The number of nitrogens with one attached hydrogen (secondary N) is 1. The monoisotopic (exact) mass is 253 g/mol. The van der Waals surface area contributed by atoms with Crippen LogP contribution in [0.3, 0.4) is 0 Å². The lowest BCUT2D eigenvalue weighted by molar-refractivity contribution is 0.161. The van der Waals surface area contributed by atoms with Crippen molar-refractivity contribution in [2.45, 2.75) is 25.4 Å². The Hall–Kier alpha value is -1.13. The van der Waals surface area contributed by atoms with Gasteiger partial charge in [-0.3, -0.25) is 0 Å². The van der Waals surface area contributed by atoms with Gasteiger partial charge in [-0.05, 0) is 43.5 Å². The molecule has 0 spiro atoms. The lowest BCUT2D eigenvalue weighted by Crippen LogP contribution is -2.35. The molecule has 0 unspecified atom stereocenters. The van der Waals surface area contributed by atoms with Crippen molar-refractivity contribution in [3.8, 4) is 5.75 Å². The van der Waals surface area contributed by atoms with Gasteiger partial charge in [0.1, 0.15) is 17.2 Å². The van der Waals surface area contributed by atoms with E-state index in [4.69, 9.17) is 9.47 Å². The molecule has 0 amide bonds. The third-order valence-electron chi connectivity index (χ3n) is 3.20. The lowest BCUT2D eigenvalue weighted by Gasteiger charge is -2.20. The van der Waals surface area contributed by atoms with Gasteiger partial charge in [0.25, 0.3) is 0 Å². The van der Waals surface area contributed by atoms with Crippen LogP contribution >= 0.6 is 0 Å². The zero-order valence-corrected chi connectivity index (χ0v) is 11.0. The molecule has 2 rings (SSSR count). The number of benzene rings is 1. The molecular formula is C14H20FNO2. The van der Waals surface area contributed by atoms with Crippen LogP contribution in [0.5, 0.6) is 5.75 Å². The first kappa shape index (κ1) is 13.3. The van der Waals surface area contributed by atoms with Crippen LogP contribution in [-0.2, 0) is 4.74 Å². The minimum absolute atomic E-state index is 0.101. The summed E-state index contributed by atoms with van der Waals surface area (Å²) >= 11 is 0. The number of rotatable bonds is 7. The van der Waals surface area contributed by atoms with Crippen molar-refractivity contribution in [2.75, 3.05) is 26.8 Å². The predicted molar refractivity (Wildman–Crippen MR) is 68.5 cm³/mol. The van der Waals surface area contributed by atoms with Crippen LogP contribution in [0, 0.1) is 12.7 Å². The zero-order valence-electron chi connectivity index (χ0n) is 11.0. The predicted octanol–water partition coefficient (Wildman–Crippen LogP) is 2.28. The van der Waals surface area contributed by atoms with Crippen LogP contribution in [0.1, 0.15) is 18.4 Å². The van der Waals surface area contributed by atoms with Crippen LogP contribution < -0.4 is 10.1 Å². The number of methoxy groups -OCH3 is 1. The Morgan fingerprint density at radius 2 is 2.17 bits per heavy atom. The molecule has 0 saturated heterocycles. The molecule has 1 aliphatic carbocycles. The van der Waals surface area contributed by atoms with Gasteiger partial charge < -0.3 is 14.8 Å². The molecule has 0 aliphatic heterocycles. The number of halogens is 1. The average Bonchev–Trinajstić information content (AvgIpc) is 3.09. The van der Waals surface area contributed by atoms with Crippen LogP contribution in [0.15, 0.2) is 18.2 Å². The van der Waals surface area contributed by atoms with E-state index in [1.54, 1.807) is 13.2 Å². The summed E-state index contributed by atoms with van der Waals surface area (Å²) in [6.07, 6.45) is 2.09. The summed E-state index contributed by atoms with van der Waals surface area (Å²) in [7, 11) is 1.69. The quantitative estimate of drug-likeness (QED) is 0.756. The van der Waals surface area contributed by atoms with E-state index < -0.39 is 0 Å². The molecule has 3 nitrogen and oxygen atoms in total. The Morgan fingerprint density at radius 1 is 1.39 bits per heavy atom. The largest absolute Gasteiger partial charge is 0.486 e. The molecule has 0 bridgehead atoms. The van der Waals surface area contributed by atoms with E-state index in [0.29, 0.717) is 6.61 Å². The second kappa shape index (κ2) is 5.67. The second-order valence-corrected chi connectivity index (χ2v) is 4.86. The van der Waals surface area contributed by atoms with Crippen molar-refractivity contribution >= 4 is 0 Å². The van der Waals surface area contributed by atoms with Crippen LogP contribution in [0.2, 0.25) is 0 Å². The summed E-state index contributed by atoms with van der Waals surface area (Å²) in [5.74, 6) is 0.561. The van der Waals surface area contributed by atoms with Gasteiger partial charge in [-0.1, -0.05) is 0 Å². The Bertz CT molecular complexity index is 405. The highest BCUT2D eigenvalue weighted by Crippen LogP contribution is 2.40. The van der Waals surface area contributed by atoms with E-state index in [9.17, 15) is 4.39 Å². The third-order valence-corrected chi connectivity index (χ3v) is 3.20. The van der Waals surface area contributed by atoms with Crippen molar-refractivity contribution in [2.24, 2.45) is 0 Å². The van der Waals surface area contributed by atoms with Crippen LogP contribution in [0.4, 0.5) is 4.39 Å². The fourth-order valence-corrected chi connectivity index (χ4v) is 1.91. The van der Waals surface area contributed by atoms with E-state index in [2.05, 4.69) is 5.32 Å². The van der Waals surface area contributed by atoms with Crippen LogP contribution in [-0.4, -0.2) is 32.4 Å². The summed E-state index contributed by atoms with van der Waals surface area (Å²) in [6, 6.07) is 4.65. The fourth-order valence-electron chi connectivity index (χ4n) is 1.91. The lowest BCUT2D eigenvalue weighted by atomic mass is 10.2. The van der Waals surface area contributed by atoms with Crippen molar-refractivity contribution in [3.05, 3.63) is 29.6 Å². The molecule has 1 fully saturated rings. The van der Waals surface area contributed by atoms with Crippen molar-refractivity contribution in [1.82, 2.24) is 5.32 Å². The Kier molecular flexibility index (Phi) is 4.19. The minimum Gasteiger partial charge on any atom is -0.486 e. The maximum absolute atomic E-state index is 13.0. The Morgan fingerprint density at radius 3 is 2.78 bits per heavy atom. The normalized spacial score (nSPS) is 16.6. The Labute approximate surface area is 107 Å². The van der Waals surface area contributed by atoms with Crippen LogP contribution in [0.25, 0.3) is 0 Å². The molecule has 0 aromatic heterocycles. The molecule has 0 atom stereocenters. The van der Waals surface area contributed by atoms with Crippen molar-refractivity contribution < 1.29 is 13.9 Å². The molecule has 18 heavy (non-hydrogen) atoms. The molecule has 1 aromatic rings. The Balaban J connectivity index is 1.88. The van der Waals surface area contributed by atoms with Crippen molar-refractivity contribution in [3.63, 3.8) is 0 Å². The maximum atomic E-state index is 13.0. The maximum Gasteiger partial charge on any atom is 0.123 e. The first-order valence-corrected chi connectivity index (χ1v) is 6.30. The summed E-state index contributed by atoms with van der Waals surface area (Å²) in [5.41, 5.74) is 0.745. The van der Waals surface area contributed by atoms with Gasteiger partial charge in [-0.25, -0.2) is 4.39 Å². The molecular weight excluding hydrogens is 233 g/mol. The van der Waals surface area contributed by atoms with Gasteiger partial charge in [-0.2, -0.15) is 0 Å². The average molecular weight is 253 g/mol. The van der Waals surface area contributed by atoms with E-state index >= 15 is 0 Å². The van der Waals surface area contributed by atoms with E-state index in [0.717, 1.165) is 37.2 Å². The van der Waals surface area contributed by atoms with Gasteiger partial charge >= 0.3 is 0 Å². The second-order valence-electron chi connectivity index (χ2n) is 4.86. The molecule has 1 N–H and O–H groups in total. The SMILES string of the molecule is COCCNCC1(Oc2ccc(F)cc2C)CC1. The number of ether oxygens (including phenoxy) is 2. The summed E-state index contributed by atoms with van der Waals surface area (Å²) in [5, 5.41) is 3.32. The first-order valence-electron chi connectivity index (χ1n) is 6.30. The third kappa shape index (κ3) is 3.43.